The van der Waals surface area contributed by atoms with Gasteiger partial charge in [-0.2, -0.15) is 0 Å². The number of nitrogens with one attached hydrogen (secondary N) is 1. The molecule has 0 fully saturated rings. The Kier molecular flexibility index (Phi) is 4.61. The first-order chi connectivity index (χ1) is 13.2. The minimum absolute atomic E-state index is 0.0187. The number of carbonyl (C=O) groups excluding carboxylic acids is 1. The van der Waals surface area contributed by atoms with Gasteiger partial charge < -0.3 is 14.6 Å². The summed E-state index contributed by atoms with van der Waals surface area (Å²) in [6.45, 7) is 1.37. The minimum Gasteiger partial charge on any atom is -0.413 e. The van der Waals surface area contributed by atoms with Gasteiger partial charge in [0.05, 0.1) is 12.9 Å². The fourth-order valence-corrected chi connectivity index (χ4v) is 2.69. The zero-order chi connectivity index (χ0) is 18.6. The molecule has 0 bridgehead atoms. The highest BCUT2D eigenvalue weighted by molar-refractivity contribution is 5.90. The van der Waals surface area contributed by atoms with Gasteiger partial charge in [0.15, 0.2) is 0 Å². The average Bonchev–Trinajstić information content (AvgIpc) is 3.12. The van der Waals surface area contributed by atoms with E-state index in [1.807, 2.05) is 17.0 Å². The predicted molar refractivity (Wildman–Crippen MR) is 95.7 cm³/mol. The molecule has 1 aliphatic heterocycles. The summed E-state index contributed by atoms with van der Waals surface area (Å²) in [5, 5.41) is 2.76. The predicted octanol–water partition coefficient (Wildman–Crippen LogP) is 2.81. The van der Waals surface area contributed by atoms with E-state index in [2.05, 4.69) is 20.3 Å². The van der Waals surface area contributed by atoms with E-state index in [9.17, 15) is 9.18 Å². The summed E-state index contributed by atoms with van der Waals surface area (Å²) in [5.41, 5.74) is 2.47. The largest absolute Gasteiger partial charge is 0.413 e. The number of aromatic nitrogens is 2. The molecule has 136 valence electrons. The molecular formula is C19H16FN5O2. The summed E-state index contributed by atoms with van der Waals surface area (Å²) in [6, 6.07) is 9.92. The van der Waals surface area contributed by atoms with Crippen molar-refractivity contribution in [3.8, 4) is 0 Å². The quantitative estimate of drug-likeness (QED) is 0.752. The summed E-state index contributed by atoms with van der Waals surface area (Å²) >= 11 is 0. The van der Waals surface area contributed by atoms with Crippen LogP contribution in [-0.4, -0.2) is 27.1 Å². The number of oxazole rings is 1. The third-order valence-corrected chi connectivity index (χ3v) is 4.06. The number of fused-ring (bicyclic) bond motifs is 1. The van der Waals surface area contributed by atoms with Crippen LogP contribution in [0.25, 0.3) is 0 Å². The fraction of sp³-hybridized carbons (Fsp3) is 0.158. The second kappa shape index (κ2) is 7.36. The second-order valence-electron chi connectivity index (χ2n) is 6.09. The van der Waals surface area contributed by atoms with Gasteiger partial charge in [-0.3, -0.25) is 9.78 Å². The van der Waals surface area contributed by atoms with Crippen molar-refractivity contribution in [2.75, 3.05) is 0 Å². The molecule has 3 aromatic rings. The van der Waals surface area contributed by atoms with E-state index in [4.69, 9.17) is 4.42 Å². The maximum atomic E-state index is 13.0. The first-order valence-electron chi connectivity index (χ1n) is 8.37. The third-order valence-electron chi connectivity index (χ3n) is 4.06. The Morgan fingerprint density at radius 1 is 1.15 bits per heavy atom. The number of pyridine rings is 1. The zero-order valence-corrected chi connectivity index (χ0v) is 14.3. The van der Waals surface area contributed by atoms with Crippen molar-refractivity contribution in [1.82, 2.24) is 20.2 Å². The van der Waals surface area contributed by atoms with E-state index in [-0.39, 0.29) is 11.7 Å². The molecule has 7 nitrogen and oxygen atoms in total. The lowest BCUT2D eigenvalue weighted by atomic mass is 10.2. The highest BCUT2D eigenvalue weighted by atomic mass is 19.1. The number of halogens is 1. The van der Waals surface area contributed by atoms with Gasteiger partial charge in [0.25, 0.3) is 5.89 Å². The highest BCUT2D eigenvalue weighted by Crippen LogP contribution is 2.26. The van der Waals surface area contributed by atoms with E-state index in [1.54, 1.807) is 30.9 Å². The van der Waals surface area contributed by atoms with E-state index < -0.39 is 5.91 Å². The molecule has 0 saturated heterocycles. The van der Waals surface area contributed by atoms with E-state index in [1.165, 1.54) is 12.1 Å². The van der Waals surface area contributed by atoms with Gasteiger partial charge in [0, 0.05) is 25.5 Å². The van der Waals surface area contributed by atoms with Gasteiger partial charge in [-0.25, -0.2) is 14.4 Å². The molecule has 0 aliphatic carbocycles. The minimum atomic E-state index is -0.401. The van der Waals surface area contributed by atoms with Gasteiger partial charge in [-0.1, -0.05) is 12.1 Å². The van der Waals surface area contributed by atoms with Crippen LogP contribution < -0.4 is 5.32 Å². The number of amides is 1. The number of hydrogen-bond acceptors (Lipinski definition) is 6. The number of carbonyl (C=O) groups is 1. The third kappa shape index (κ3) is 4.00. The summed E-state index contributed by atoms with van der Waals surface area (Å²) in [7, 11) is 0. The van der Waals surface area contributed by atoms with Gasteiger partial charge >= 0.3 is 5.91 Å². The van der Waals surface area contributed by atoms with Crippen molar-refractivity contribution in [3.05, 3.63) is 77.3 Å². The Labute approximate surface area is 154 Å². The van der Waals surface area contributed by atoms with Crippen molar-refractivity contribution in [3.63, 3.8) is 0 Å². The molecule has 0 radical (unpaired) electrons. The lowest BCUT2D eigenvalue weighted by Crippen LogP contribution is -2.24. The molecule has 1 N–H and O–H groups in total. The Bertz CT molecular complexity index is 970. The summed E-state index contributed by atoms with van der Waals surface area (Å²) in [6.07, 6.45) is 4.96. The first kappa shape index (κ1) is 16.9. The maximum Gasteiger partial charge on any atom is 0.307 e. The molecule has 0 spiro atoms. The smallest absolute Gasteiger partial charge is 0.307 e. The summed E-state index contributed by atoms with van der Waals surface area (Å²) in [4.78, 5) is 26.6. The van der Waals surface area contributed by atoms with Crippen LogP contribution in [0.4, 0.5) is 10.3 Å². The normalized spacial score (nSPS) is 12.7. The molecule has 2 aromatic heterocycles. The summed E-state index contributed by atoms with van der Waals surface area (Å²) < 4.78 is 18.5. The second-order valence-corrected chi connectivity index (χ2v) is 6.09. The monoisotopic (exact) mass is 365 g/mol. The molecule has 1 aromatic carbocycles. The van der Waals surface area contributed by atoms with Crippen LogP contribution in [0.15, 0.2) is 58.2 Å². The molecular weight excluding hydrogens is 349 g/mol. The Balaban J connectivity index is 1.39. The maximum absolute atomic E-state index is 13.0. The molecule has 1 amide bonds. The number of nitrogens with zero attached hydrogens (tertiary/aromatic N) is 4. The van der Waals surface area contributed by atoms with E-state index in [0.717, 1.165) is 11.1 Å². The molecule has 0 unspecified atom stereocenters. The van der Waals surface area contributed by atoms with Crippen LogP contribution in [0.5, 0.6) is 0 Å². The lowest BCUT2D eigenvalue weighted by Gasteiger charge is -2.20. The standard InChI is InChI=1S/C19H16FN5O2/c20-15-3-1-14(2-4-15)10-25-11-16-18(23-12-25)27-19(24-16)17(26)22-9-13-5-7-21-8-6-13/h1-8,12H,9-11H2,(H,22,26). The van der Waals surface area contributed by atoms with Crippen LogP contribution >= 0.6 is 0 Å². The molecule has 0 saturated carbocycles. The van der Waals surface area contributed by atoms with E-state index in [0.29, 0.717) is 31.2 Å². The topological polar surface area (TPSA) is 83.6 Å². The van der Waals surface area contributed by atoms with Crippen molar-refractivity contribution in [2.24, 2.45) is 4.99 Å². The van der Waals surface area contributed by atoms with Crippen LogP contribution in [0, 0.1) is 5.82 Å². The lowest BCUT2D eigenvalue weighted by molar-refractivity contribution is 0.0917. The van der Waals surface area contributed by atoms with Crippen LogP contribution in [0.2, 0.25) is 0 Å². The van der Waals surface area contributed by atoms with Gasteiger partial charge in [-0.05, 0) is 35.4 Å². The van der Waals surface area contributed by atoms with Crippen molar-refractivity contribution >= 4 is 18.1 Å². The Morgan fingerprint density at radius 3 is 2.70 bits per heavy atom. The molecule has 4 rings (SSSR count). The molecule has 27 heavy (non-hydrogen) atoms. The molecule has 0 atom stereocenters. The molecule has 8 heteroatoms. The Morgan fingerprint density at radius 2 is 1.93 bits per heavy atom. The number of hydrogen-bond donors (Lipinski definition) is 1. The zero-order valence-electron chi connectivity index (χ0n) is 14.3. The molecule has 3 heterocycles. The van der Waals surface area contributed by atoms with Crippen LogP contribution in [0.1, 0.15) is 27.5 Å². The van der Waals surface area contributed by atoms with Gasteiger partial charge in [0.1, 0.15) is 11.5 Å². The molecule has 1 aliphatic rings. The SMILES string of the molecule is O=C(NCc1ccncc1)c1nc2c(o1)N=CN(Cc1ccc(F)cc1)C2. The van der Waals surface area contributed by atoms with Crippen molar-refractivity contribution in [1.29, 1.82) is 0 Å². The number of rotatable bonds is 5. The first-order valence-corrected chi connectivity index (χ1v) is 8.37. The van der Waals surface area contributed by atoms with Crippen molar-refractivity contribution in [2.45, 2.75) is 19.6 Å². The highest BCUT2D eigenvalue weighted by Gasteiger charge is 2.22. The van der Waals surface area contributed by atoms with Crippen LogP contribution in [-0.2, 0) is 19.6 Å². The van der Waals surface area contributed by atoms with Crippen LogP contribution in [0.3, 0.4) is 0 Å². The Hall–Kier alpha value is -3.55. The average molecular weight is 365 g/mol. The van der Waals surface area contributed by atoms with E-state index >= 15 is 0 Å². The summed E-state index contributed by atoms with van der Waals surface area (Å²) in [5.74, 6) is -0.358. The number of aliphatic imine (C=N–C) groups is 1. The van der Waals surface area contributed by atoms with Gasteiger partial charge in [0.2, 0.25) is 5.88 Å². The van der Waals surface area contributed by atoms with Gasteiger partial charge in [-0.15, -0.1) is 0 Å². The van der Waals surface area contributed by atoms with Crippen molar-refractivity contribution < 1.29 is 13.6 Å². The number of benzene rings is 1. The fourth-order valence-electron chi connectivity index (χ4n) is 2.69.